The van der Waals surface area contributed by atoms with Gasteiger partial charge < -0.3 is 14.8 Å². The van der Waals surface area contributed by atoms with E-state index in [1.54, 1.807) is 36.4 Å². The third-order valence-electron chi connectivity index (χ3n) is 4.83. The molecule has 1 aliphatic rings. The minimum absolute atomic E-state index is 0.119. The first kappa shape index (κ1) is 23.7. The van der Waals surface area contributed by atoms with Crippen LogP contribution in [0.2, 0.25) is 0 Å². The molecule has 2 aromatic rings. The topological polar surface area (TPSA) is 102 Å². The van der Waals surface area contributed by atoms with Gasteiger partial charge in [-0.15, -0.1) is 0 Å². The van der Waals surface area contributed by atoms with Gasteiger partial charge >= 0.3 is 5.97 Å². The quantitative estimate of drug-likeness (QED) is 0.576. The Morgan fingerprint density at radius 2 is 1.75 bits per heavy atom. The lowest BCUT2D eigenvalue weighted by atomic mass is 10.2. The number of anilines is 1. The Bertz CT molecular complexity index is 1040. The second-order valence-corrected chi connectivity index (χ2v) is 9.93. The van der Waals surface area contributed by atoms with Crippen LogP contribution in [-0.4, -0.2) is 50.9 Å². The van der Waals surface area contributed by atoms with E-state index in [0.717, 1.165) is 12.8 Å². The Labute approximate surface area is 188 Å². The average molecular weight is 461 g/mol. The van der Waals surface area contributed by atoms with Gasteiger partial charge in [-0.2, -0.15) is 4.31 Å². The summed E-state index contributed by atoms with van der Waals surface area (Å²) in [5.41, 5.74) is 0.617. The van der Waals surface area contributed by atoms with Crippen molar-refractivity contribution in [1.29, 1.82) is 0 Å². The van der Waals surface area contributed by atoms with Gasteiger partial charge in [-0.3, -0.25) is 4.79 Å². The van der Waals surface area contributed by atoms with Gasteiger partial charge in [0.05, 0.1) is 17.1 Å². The van der Waals surface area contributed by atoms with Crippen LogP contribution in [-0.2, 0) is 19.6 Å². The van der Waals surface area contributed by atoms with Gasteiger partial charge in [0.15, 0.2) is 6.61 Å². The summed E-state index contributed by atoms with van der Waals surface area (Å²) in [4.78, 5) is 24.5. The normalized spacial score (nSPS) is 14.3. The van der Waals surface area contributed by atoms with E-state index in [4.69, 9.17) is 9.47 Å². The third kappa shape index (κ3) is 6.30. The molecule has 1 aliphatic heterocycles. The number of carbonyl (C=O) groups is 2. The fourth-order valence-corrected chi connectivity index (χ4v) is 4.74. The second kappa shape index (κ2) is 10.6. The SMILES string of the molecule is CC(C)COc1ccc(C(=O)OCC(=O)Nc2cccc(S(=O)(=O)N3CCCC3)c2)cc1. The van der Waals surface area contributed by atoms with Crippen molar-refractivity contribution in [3.8, 4) is 5.75 Å². The molecule has 0 bridgehead atoms. The number of hydrogen-bond donors (Lipinski definition) is 1. The van der Waals surface area contributed by atoms with Crippen molar-refractivity contribution in [2.45, 2.75) is 31.6 Å². The van der Waals surface area contributed by atoms with Crippen LogP contribution in [0, 0.1) is 5.92 Å². The zero-order chi connectivity index (χ0) is 23.1. The van der Waals surface area contributed by atoms with Crippen molar-refractivity contribution in [1.82, 2.24) is 4.31 Å². The molecule has 172 valence electrons. The number of nitrogens with zero attached hydrogens (tertiary/aromatic N) is 1. The molecule has 0 saturated carbocycles. The zero-order valence-electron chi connectivity index (χ0n) is 18.2. The second-order valence-electron chi connectivity index (χ2n) is 7.99. The average Bonchev–Trinajstić information content (AvgIpc) is 3.32. The lowest BCUT2D eigenvalue weighted by Crippen LogP contribution is -2.28. The van der Waals surface area contributed by atoms with Gasteiger partial charge in [0.2, 0.25) is 10.0 Å². The molecule has 8 nitrogen and oxygen atoms in total. The summed E-state index contributed by atoms with van der Waals surface area (Å²) < 4.78 is 37.4. The van der Waals surface area contributed by atoms with Crippen LogP contribution in [0.4, 0.5) is 5.69 Å². The molecule has 1 fully saturated rings. The van der Waals surface area contributed by atoms with Crippen molar-refractivity contribution >= 4 is 27.6 Å². The van der Waals surface area contributed by atoms with Crippen LogP contribution >= 0.6 is 0 Å². The summed E-state index contributed by atoms with van der Waals surface area (Å²) in [7, 11) is -3.59. The van der Waals surface area contributed by atoms with E-state index < -0.39 is 28.5 Å². The Balaban J connectivity index is 1.53. The van der Waals surface area contributed by atoms with E-state index in [-0.39, 0.29) is 4.90 Å². The summed E-state index contributed by atoms with van der Waals surface area (Å²) >= 11 is 0. The lowest BCUT2D eigenvalue weighted by Gasteiger charge is -2.16. The van der Waals surface area contributed by atoms with Crippen LogP contribution in [0.3, 0.4) is 0 Å². The number of amides is 1. The molecule has 1 saturated heterocycles. The minimum atomic E-state index is -3.59. The smallest absolute Gasteiger partial charge is 0.338 e. The van der Waals surface area contributed by atoms with E-state index in [1.807, 2.05) is 13.8 Å². The maximum absolute atomic E-state index is 12.7. The molecule has 0 spiro atoms. The number of nitrogens with one attached hydrogen (secondary N) is 1. The molecule has 0 unspecified atom stereocenters. The first-order chi connectivity index (χ1) is 15.3. The summed E-state index contributed by atoms with van der Waals surface area (Å²) in [6.07, 6.45) is 1.68. The molecule has 3 rings (SSSR count). The number of esters is 1. The van der Waals surface area contributed by atoms with Crippen LogP contribution in [0.15, 0.2) is 53.4 Å². The highest BCUT2D eigenvalue weighted by Crippen LogP contribution is 2.23. The van der Waals surface area contributed by atoms with Gasteiger partial charge in [0.1, 0.15) is 5.75 Å². The Morgan fingerprint density at radius 3 is 2.41 bits per heavy atom. The van der Waals surface area contributed by atoms with Crippen molar-refractivity contribution in [3.05, 3.63) is 54.1 Å². The first-order valence-electron chi connectivity index (χ1n) is 10.6. The number of benzene rings is 2. The van der Waals surface area contributed by atoms with Crippen molar-refractivity contribution in [2.24, 2.45) is 5.92 Å². The monoisotopic (exact) mass is 460 g/mol. The standard InChI is InChI=1S/C23H28N2O6S/c1-17(2)15-30-20-10-8-18(9-11-20)23(27)31-16-22(26)24-19-6-5-7-21(14-19)32(28,29)25-12-3-4-13-25/h5-11,14,17H,3-4,12-13,15-16H2,1-2H3,(H,24,26). The third-order valence-corrected chi connectivity index (χ3v) is 6.72. The molecule has 32 heavy (non-hydrogen) atoms. The van der Waals surface area contributed by atoms with Crippen LogP contribution < -0.4 is 10.1 Å². The van der Waals surface area contributed by atoms with Crippen LogP contribution in [0.25, 0.3) is 0 Å². The molecule has 2 aromatic carbocycles. The van der Waals surface area contributed by atoms with E-state index in [2.05, 4.69) is 5.32 Å². The molecule has 0 atom stereocenters. The predicted octanol–water partition coefficient (Wildman–Crippen LogP) is 3.30. The molecular formula is C23H28N2O6S. The van der Waals surface area contributed by atoms with Gasteiger partial charge in [0, 0.05) is 18.8 Å². The number of hydrogen-bond acceptors (Lipinski definition) is 6. The van der Waals surface area contributed by atoms with Crippen LogP contribution in [0.1, 0.15) is 37.0 Å². The largest absolute Gasteiger partial charge is 0.493 e. The van der Waals surface area contributed by atoms with Gasteiger partial charge in [-0.1, -0.05) is 19.9 Å². The summed E-state index contributed by atoms with van der Waals surface area (Å²) in [5.74, 6) is -0.164. The highest BCUT2D eigenvalue weighted by Gasteiger charge is 2.27. The van der Waals surface area contributed by atoms with E-state index in [0.29, 0.717) is 42.6 Å². The number of ether oxygens (including phenoxy) is 2. The lowest BCUT2D eigenvalue weighted by molar-refractivity contribution is -0.119. The Hall–Kier alpha value is -2.91. The van der Waals surface area contributed by atoms with Gasteiger partial charge in [-0.25, -0.2) is 13.2 Å². The maximum atomic E-state index is 12.7. The molecule has 1 N–H and O–H groups in total. The first-order valence-corrected chi connectivity index (χ1v) is 12.0. The van der Waals surface area contributed by atoms with E-state index in [9.17, 15) is 18.0 Å². The van der Waals surface area contributed by atoms with Crippen LogP contribution in [0.5, 0.6) is 5.75 Å². The summed E-state index contributed by atoms with van der Waals surface area (Å²) in [5, 5.41) is 2.57. The zero-order valence-corrected chi connectivity index (χ0v) is 19.1. The number of rotatable bonds is 9. The van der Waals surface area contributed by atoms with Crippen molar-refractivity contribution < 1.29 is 27.5 Å². The number of sulfonamides is 1. The highest BCUT2D eigenvalue weighted by molar-refractivity contribution is 7.89. The van der Waals surface area contributed by atoms with Crippen molar-refractivity contribution in [3.63, 3.8) is 0 Å². The fraction of sp³-hybridized carbons (Fsp3) is 0.391. The molecule has 1 heterocycles. The Kier molecular flexibility index (Phi) is 7.87. The minimum Gasteiger partial charge on any atom is -0.493 e. The fourth-order valence-electron chi connectivity index (χ4n) is 3.17. The molecule has 9 heteroatoms. The molecule has 0 aromatic heterocycles. The van der Waals surface area contributed by atoms with E-state index >= 15 is 0 Å². The molecule has 0 radical (unpaired) electrons. The summed E-state index contributed by atoms with van der Waals surface area (Å²) in [6.45, 7) is 5.16. The highest BCUT2D eigenvalue weighted by atomic mass is 32.2. The molecule has 0 aliphatic carbocycles. The Morgan fingerprint density at radius 1 is 1.06 bits per heavy atom. The number of carbonyl (C=O) groups excluding carboxylic acids is 2. The van der Waals surface area contributed by atoms with Gasteiger partial charge in [-0.05, 0) is 61.2 Å². The molecular weight excluding hydrogens is 432 g/mol. The van der Waals surface area contributed by atoms with E-state index in [1.165, 1.54) is 16.4 Å². The maximum Gasteiger partial charge on any atom is 0.338 e. The van der Waals surface area contributed by atoms with Gasteiger partial charge in [0.25, 0.3) is 5.91 Å². The predicted molar refractivity (Wildman–Crippen MR) is 120 cm³/mol. The summed E-state index contributed by atoms with van der Waals surface area (Å²) in [6, 6.07) is 12.5. The van der Waals surface area contributed by atoms with Crippen molar-refractivity contribution in [2.75, 3.05) is 31.6 Å². The molecule has 1 amide bonds.